The van der Waals surface area contributed by atoms with Crippen molar-refractivity contribution < 1.29 is 14.7 Å². The predicted molar refractivity (Wildman–Crippen MR) is 98.1 cm³/mol. The molecule has 2 amide bonds. The molecule has 2 aliphatic rings. The lowest BCUT2D eigenvalue weighted by Crippen LogP contribution is -2.41. The maximum Gasteiger partial charge on any atom is 0.224 e. The molecule has 2 aromatic rings. The van der Waals surface area contributed by atoms with E-state index in [-0.39, 0.29) is 36.4 Å². The van der Waals surface area contributed by atoms with E-state index in [1.54, 1.807) is 17.0 Å². The van der Waals surface area contributed by atoms with Crippen molar-refractivity contribution in [1.82, 2.24) is 19.7 Å². The Kier molecular flexibility index (Phi) is 4.55. The number of phenols is 1. The number of rotatable bonds is 5. The van der Waals surface area contributed by atoms with Crippen LogP contribution in [-0.4, -0.2) is 43.1 Å². The molecule has 8 heteroatoms. The maximum atomic E-state index is 12.6. The van der Waals surface area contributed by atoms with Crippen molar-refractivity contribution in [2.45, 2.75) is 51.1 Å². The lowest BCUT2D eigenvalue weighted by Gasteiger charge is -2.32. The van der Waals surface area contributed by atoms with E-state index in [0.29, 0.717) is 24.7 Å². The normalized spacial score (nSPS) is 18.9. The molecule has 142 valence electrons. The number of aromatic nitrogens is 3. The van der Waals surface area contributed by atoms with Gasteiger partial charge in [-0.3, -0.25) is 9.59 Å². The highest BCUT2D eigenvalue weighted by Crippen LogP contribution is 2.41. The van der Waals surface area contributed by atoms with E-state index in [4.69, 9.17) is 0 Å². The highest BCUT2D eigenvalue weighted by atomic mass is 16.3. The molecular weight excluding hydrogens is 346 g/mol. The van der Waals surface area contributed by atoms with Crippen LogP contribution >= 0.6 is 0 Å². The summed E-state index contributed by atoms with van der Waals surface area (Å²) in [5.41, 5.74) is 0.514. The monoisotopic (exact) mass is 369 g/mol. The Morgan fingerprint density at radius 3 is 2.81 bits per heavy atom. The molecule has 1 atom stereocenters. The topological polar surface area (TPSA) is 100 Å². The van der Waals surface area contributed by atoms with Crippen molar-refractivity contribution in [3.05, 3.63) is 35.9 Å². The van der Waals surface area contributed by atoms with Gasteiger partial charge in [-0.25, -0.2) is 0 Å². The number of anilines is 1. The molecule has 0 unspecified atom stereocenters. The summed E-state index contributed by atoms with van der Waals surface area (Å²) >= 11 is 0. The second kappa shape index (κ2) is 7.02. The third kappa shape index (κ3) is 3.79. The number of fused-ring (bicyclic) bond motifs is 1. The fourth-order valence-electron chi connectivity index (χ4n) is 3.56. The second-order valence-electron chi connectivity index (χ2n) is 7.34. The minimum atomic E-state index is -0.252. The maximum absolute atomic E-state index is 12.6. The van der Waals surface area contributed by atoms with Gasteiger partial charge in [-0.15, -0.1) is 10.2 Å². The van der Waals surface area contributed by atoms with Gasteiger partial charge in [0.1, 0.15) is 11.6 Å². The molecule has 0 bridgehead atoms. The van der Waals surface area contributed by atoms with Gasteiger partial charge in [-0.1, -0.05) is 6.07 Å². The van der Waals surface area contributed by atoms with Crippen LogP contribution in [0.5, 0.6) is 5.75 Å². The van der Waals surface area contributed by atoms with Crippen molar-refractivity contribution in [2.24, 2.45) is 0 Å². The summed E-state index contributed by atoms with van der Waals surface area (Å²) < 4.78 is 2.18. The number of hydrogen-bond acceptors (Lipinski definition) is 5. The number of hydrogen-bond donors (Lipinski definition) is 2. The molecule has 1 aliphatic heterocycles. The van der Waals surface area contributed by atoms with Crippen LogP contribution in [0.15, 0.2) is 24.3 Å². The molecule has 0 radical (unpaired) electrons. The minimum absolute atomic E-state index is 0.0601. The molecule has 1 saturated carbocycles. The van der Waals surface area contributed by atoms with Gasteiger partial charge in [-0.05, 0) is 31.9 Å². The zero-order chi connectivity index (χ0) is 19.0. The number of amides is 2. The van der Waals surface area contributed by atoms with Crippen molar-refractivity contribution in [3.63, 3.8) is 0 Å². The number of nitrogens with one attached hydrogen (secondary N) is 1. The summed E-state index contributed by atoms with van der Waals surface area (Å²) in [5, 5.41) is 20.7. The molecule has 1 aromatic heterocycles. The Labute approximate surface area is 157 Å². The Morgan fingerprint density at radius 2 is 2.07 bits per heavy atom. The summed E-state index contributed by atoms with van der Waals surface area (Å²) in [6.45, 7) is 3.13. The van der Waals surface area contributed by atoms with Gasteiger partial charge in [0, 0.05) is 37.1 Å². The number of phenolic OH excluding ortho intramolecular Hbond substituents is 1. The molecule has 1 aromatic carbocycles. The van der Waals surface area contributed by atoms with Crippen LogP contribution < -0.4 is 5.32 Å². The van der Waals surface area contributed by atoms with E-state index in [1.807, 2.05) is 0 Å². The average Bonchev–Trinajstić information content (AvgIpc) is 3.38. The van der Waals surface area contributed by atoms with Gasteiger partial charge in [0.05, 0.1) is 12.6 Å². The molecular formula is C19H23N5O3. The molecule has 1 aliphatic carbocycles. The number of carbonyl (C=O) groups is 2. The zero-order valence-electron chi connectivity index (χ0n) is 15.3. The highest BCUT2D eigenvalue weighted by Gasteiger charge is 2.35. The van der Waals surface area contributed by atoms with Gasteiger partial charge in [0.2, 0.25) is 11.8 Å². The van der Waals surface area contributed by atoms with E-state index in [1.165, 1.54) is 25.0 Å². The highest BCUT2D eigenvalue weighted by molar-refractivity contribution is 5.93. The molecule has 0 spiro atoms. The summed E-state index contributed by atoms with van der Waals surface area (Å²) in [6, 6.07) is 6.48. The molecule has 0 saturated heterocycles. The molecule has 4 rings (SSSR count). The first-order valence-corrected chi connectivity index (χ1v) is 9.31. The van der Waals surface area contributed by atoms with Crippen molar-refractivity contribution in [2.75, 3.05) is 11.9 Å². The lowest BCUT2D eigenvalue weighted by atomic mass is 10.1. The van der Waals surface area contributed by atoms with Crippen LogP contribution in [0, 0.1) is 0 Å². The molecule has 1 fully saturated rings. The molecule has 8 nitrogen and oxygen atoms in total. The Bertz CT molecular complexity index is 874. The fraction of sp³-hybridized carbons (Fsp3) is 0.474. The number of aromatic hydroxyl groups is 1. The number of nitrogens with zero attached hydrogens (tertiary/aromatic N) is 4. The van der Waals surface area contributed by atoms with E-state index in [0.717, 1.165) is 11.6 Å². The van der Waals surface area contributed by atoms with Gasteiger partial charge in [0.15, 0.2) is 5.82 Å². The van der Waals surface area contributed by atoms with Crippen LogP contribution in [-0.2, 0) is 16.1 Å². The van der Waals surface area contributed by atoms with Crippen molar-refractivity contribution >= 4 is 17.5 Å². The molecule has 2 heterocycles. The number of benzene rings is 1. The SMILES string of the molecule is C[C@H]1CN(C(=O)CCC(=O)Nc2cccc(O)c2)Cc2nnc(C3CC3)n21. The standard InChI is InChI=1S/C19H23N5O3/c1-12-10-23(11-16-21-22-19(24(12)16)13-5-6-13)18(27)8-7-17(26)20-14-3-2-4-15(25)9-14/h2-4,9,12-13,25H,5-8,10-11H2,1H3,(H,20,26)/t12-/m0/s1. The summed E-state index contributed by atoms with van der Waals surface area (Å²) in [6.07, 6.45) is 2.57. The van der Waals surface area contributed by atoms with Gasteiger partial charge < -0.3 is 19.9 Å². The van der Waals surface area contributed by atoms with Crippen LogP contribution in [0.2, 0.25) is 0 Å². The largest absolute Gasteiger partial charge is 0.508 e. The zero-order valence-corrected chi connectivity index (χ0v) is 15.3. The fourth-order valence-corrected chi connectivity index (χ4v) is 3.56. The molecule has 27 heavy (non-hydrogen) atoms. The van der Waals surface area contributed by atoms with Crippen LogP contribution in [0.4, 0.5) is 5.69 Å². The average molecular weight is 369 g/mol. The second-order valence-corrected chi connectivity index (χ2v) is 7.34. The van der Waals surface area contributed by atoms with Gasteiger partial charge in [0.25, 0.3) is 0 Å². The van der Waals surface area contributed by atoms with Crippen molar-refractivity contribution in [1.29, 1.82) is 0 Å². The molecule has 2 N–H and O–H groups in total. The van der Waals surface area contributed by atoms with E-state index in [9.17, 15) is 14.7 Å². The summed E-state index contributed by atoms with van der Waals surface area (Å²) in [5.74, 6) is 2.18. The van der Waals surface area contributed by atoms with E-state index >= 15 is 0 Å². The third-order valence-electron chi connectivity index (χ3n) is 5.04. The number of carbonyl (C=O) groups excluding carboxylic acids is 2. The third-order valence-corrected chi connectivity index (χ3v) is 5.04. The predicted octanol–water partition coefficient (Wildman–Crippen LogP) is 2.18. The smallest absolute Gasteiger partial charge is 0.224 e. The van der Waals surface area contributed by atoms with Crippen LogP contribution in [0.1, 0.15) is 56.2 Å². The van der Waals surface area contributed by atoms with E-state index < -0.39 is 0 Å². The van der Waals surface area contributed by atoms with Crippen molar-refractivity contribution in [3.8, 4) is 5.75 Å². The van der Waals surface area contributed by atoms with Crippen LogP contribution in [0.25, 0.3) is 0 Å². The Morgan fingerprint density at radius 1 is 1.26 bits per heavy atom. The summed E-state index contributed by atoms with van der Waals surface area (Å²) in [4.78, 5) is 26.4. The lowest BCUT2D eigenvalue weighted by molar-refractivity contribution is -0.134. The van der Waals surface area contributed by atoms with Crippen LogP contribution in [0.3, 0.4) is 0 Å². The van der Waals surface area contributed by atoms with E-state index in [2.05, 4.69) is 27.0 Å². The Hall–Kier alpha value is -2.90. The first kappa shape index (κ1) is 17.5. The quantitative estimate of drug-likeness (QED) is 0.841. The Balaban J connectivity index is 1.32. The van der Waals surface area contributed by atoms with Gasteiger partial charge in [-0.2, -0.15) is 0 Å². The first-order chi connectivity index (χ1) is 13.0. The van der Waals surface area contributed by atoms with Gasteiger partial charge >= 0.3 is 0 Å². The summed E-state index contributed by atoms with van der Waals surface area (Å²) in [7, 11) is 0. The first-order valence-electron chi connectivity index (χ1n) is 9.31. The minimum Gasteiger partial charge on any atom is -0.508 e.